The molecule has 0 fully saturated rings. The summed E-state index contributed by atoms with van der Waals surface area (Å²) in [4.78, 5) is 12.8. The van der Waals surface area contributed by atoms with Crippen LogP contribution in [-0.4, -0.2) is 28.8 Å². The van der Waals surface area contributed by atoms with Gasteiger partial charge in [0, 0.05) is 12.2 Å². The molecular formula is C12H15NO3. The van der Waals surface area contributed by atoms with Crippen LogP contribution in [0.15, 0.2) is 18.2 Å². The van der Waals surface area contributed by atoms with Crippen LogP contribution < -0.4 is 4.90 Å². The quantitative estimate of drug-likeness (QED) is 0.799. The molecule has 2 N–H and O–H groups in total. The Labute approximate surface area is 94.1 Å². The lowest BCUT2D eigenvalue weighted by Crippen LogP contribution is -2.37. The van der Waals surface area contributed by atoms with E-state index >= 15 is 0 Å². The Morgan fingerprint density at radius 3 is 2.94 bits per heavy atom. The predicted molar refractivity (Wildman–Crippen MR) is 60.5 cm³/mol. The Morgan fingerprint density at radius 1 is 1.56 bits per heavy atom. The normalized spacial score (nSPS) is 16.0. The van der Waals surface area contributed by atoms with E-state index in [1.165, 1.54) is 0 Å². The minimum atomic E-state index is -0.806. The number of anilines is 1. The van der Waals surface area contributed by atoms with Gasteiger partial charge in [-0.2, -0.15) is 0 Å². The molecule has 1 atom stereocenters. The summed E-state index contributed by atoms with van der Waals surface area (Å²) >= 11 is 0. The summed E-state index contributed by atoms with van der Waals surface area (Å²) in [5, 5.41) is 18.0. The van der Waals surface area contributed by atoms with Crippen LogP contribution in [0, 0.1) is 0 Å². The van der Waals surface area contributed by atoms with Gasteiger partial charge >= 0.3 is 5.97 Å². The fourth-order valence-corrected chi connectivity index (χ4v) is 2.11. The first-order chi connectivity index (χ1) is 7.63. The highest BCUT2D eigenvalue weighted by Crippen LogP contribution is 2.30. The monoisotopic (exact) mass is 221 g/mol. The van der Waals surface area contributed by atoms with Gasteiger partial charge in [-0.05, 0) is 30.5 Å². The summed E-state index contributed by atoms with van der Waals surface area (Å²) in [6.07, 6.45) is 0.848. The van der Waals surface area contributed by atoms with Crippen LogP contribution in [0.25, 0.3) is 0 Å². The molecule has 1 unspecified atom stereocenters. The molecule has 0 amide bonds. The summed E-state index contributed by atoms with van der Waals surface area (Å²) in [6.45, 7) is 2.46. The van der Waals surface area contributed by atoms with Crippen molar-refractivity contribution in [3.05, 3.63) is 29.3 Å². The molecule has 1 aliphatic heterocycles. The van der Waals surface area contributed by atoms with E-state index in [4.69, 9.17) is 10.2 Å². The van der Waals surface area contributed by atoms with Crippen LogP contribution >= 0.6 is 0 Å². The van der Waals surface area contributed by atoms with Crippen LogP contribution in [0.4, 0.5) is 5.69 Å². The van der Waals surface area contributed by atoms with Crippen molar-refractivity contribution in [2.75, 3.05) is 11.4 Å². The second-order valence-electron chi connectivity index (χ2n) is 4.08. The van der Waals surface area contributed by atoms with Gasteiger partial charge in [0.05, 0.1) is 6.61 Å². The molecule has 1 aliphatic rings. The van der Waals surface area contributed by atoms with Crippen LogP contribution in [0.2, 0.25) is 0 Å². The third-order valence-corrected chi connectivity index (χ3v) is 3.08. The molecule has 86 valence electrons. The van der Waals surface area contributed by atoms with Crippen LogP contribution in [0.5, 0.6) is 0 Å². The van der Waals surface area contributed by atoms with E-state index in [1.807, 2.05) is 23.1 Å². The molecule has 0 aromatic heterocycles. The number of aliphatic hydroxyl groups excluding tert-OH is 1. The molecule has 1 aromatic carbocycles. The van der Waals surface area contributed by atoms with Gasteiger partial charge in [-0.1, -0.05) is 12.1 Å². The number of fused-ring (bicyclic) bond motifs is 1. The number of carboxylic acid groups (broad SMARTS) is 1. The van der Waals surface area contributed by atoms with Gasteiger partial charge in [-0.25, -0.2) is 4.79 Å². The lowest BCUT2D eigenvalue weighted by atomic mass is 10.1. The largest absolute Gasteiger partial charge is 0.480 e. The highest BCUT2D eigenvalue weighted by Gasteiger charge is 2.27. The molecule has 0 bridgehead atoms. The maximum absolute atomic E-state index is 10.9. The van der Waals surface area contributed by atoms with Crippen molar-refractivity contribution in [1.29, 1.82) is 0 Å². The Kier molecular flexibility index (Phi) is 2.83. The maximum Gasteiger partial charge on any atom is 0.326 e. The number of nitrogens with zero attached hydrogens (tertiary/aromatic N) is 1. The molecule has 0 saturated heterocycles. The lowest BCUT2D eigenvalue weighted by molar-refractivity contribution is -0.138. The number of aliphatic hydroxyl groups is 1. The number of carbonyl (C=O) groups is 1. The number of rotatable bonds is 3. The molecule has 0 aliphatic carbocycles. The van der Waals surface area contributed by atoms with Gasteiger partial charge in [0.1, 0.15) is 6.04 Å². The Morgan fingerprint density at radius 2 is 2.31 bits per heavy atom. The summed E-state index contributed by atoms with van der Waals surface area (Å²) in [5.74, 6) is -0.806. The first kappa shape index (κ1) is 11.0. The standard InChI is InChI=1S/C12H15NO3/c1-8(12(15)16)13-5-4-10-6-9(7-14)2-3-11(10)13/h2-3,6,8,14H,4-5,7H2,1H3,(H,15,16). The number of aliphatic carboxylic acids is 1. The maximum atomic E-state index is 10.9. The molecule has 0 radical (unpaired) electrons. The average molecular weight is 221 g/mol. The zero-order chi connectivity index (χ0) is 11.7. The highest BCUT2D eigenvalue weighted by molar-refractivity contribution is 5.79. The van der Waals surface area contributed by atoms with Crippen molar-refractivity contribution in [1.82, 2.24) is 0 Å². The van der Waals surface area contributed by atoms with Gasteiger partial charge in [-0.3, -0.25) is 0 Å². The van der Waals surface area contributed by atoms with Crippen molar-refractivity contribution in [2.45, 2.75) is 26.0 Å². The molecule has 0 spiro atoms. The molecule has 1 heterocycles. The van der Waals surface area contributed by atoms with Crippen LogP contribution in [-0.2, 0) is 17.8 Å². The van der Waals surface area contributed by atoms with E-state index in [2.05, 4.69) is 0 Å². The van der Waals surface area contributed by atoms with Gasteiger partial charge in [-0.15, -0.1) is 0 Å². The second-order valence-corrected chi connectivity index (χ2v) is 4.08. The van der Waals surface area contributed by atoms with Crippen LogP contribution in [0.1, 0.15) is 18.1 Å². The zero-order valence-electron chi connectivity index (χ0n) is 9.18. The van der Waals surface area contributed by atoms with Gasteiger partial charge in [0.25, 0.3) is 0 Å². The minimum absolute atomic E-state index is 0.0295. The first-order valence-electron chi connectivity index (χ1n) is 5.35. The third-order valence-electron chi connectivity index (χ3n) is 3.08. The number of carboxylic acids is 1. The molecule has 0 saturated carbocycles. The molecular weight excluding hydrogens is 206 g/mol. The van der Waals surface area contributed by atoms with Crippen molar-refractivity contribution in [2.24, 2.45) is 0 Å². The summed E-state index contributed by atoms with van der Waals surface area (Å²) in [7, 11) is 0. The smallest absolute Gasteiger partial charge is 0.326 e. The summed E-state index contributed by atoms with van der Waals surface area (Å²) in [5.41, 5.74) is 2.98. The Hall–Kier alpha value is -1.55. The van der Waals surface area contributed by atoms with E-state index in [0.29, 0.717) is 0 Å². The molecule has 2 rings (SSSR count). The second kappa shape index (κ2) is 4.14. The fourth-order valence-electron chi connectivity index (χ4n) is 2.11. The van der Waals surface area contributed by atoms with Crippen molar-refractivity contribution in [3.8, 4) is 0 Å². The zero-order valence-corrected chi connectivity index (χ0v) is 9.18. The van der Waals surface area contributed by atoms with E-state index < -0.39 is 12.0 Å². The van der Waals surface area contributed by atoms with Crippen molar-refractivity contribution < 1.29 is 15.0 Å². The number of hydrogen-bond acceptors (Lipinski definition) is 3. The topological polar surface area (TPSA) is 60.8 Å². The molecule has 16 heavy (non-hydrogen) atoms. The Balaban J connectivity index is 2.30. The number of hydrogen-bond donors (Lipinski definition) is 2. The Bertz CT molecular complexity index is 417. The van der Waals surface area contributed by atoms with Crippen molar-refractivity contribution >= 4 is 11.7 Å². The molecule has 4 nitrogen and oxygen atoms in total. The fraction of sp³-hybridized carbons (Fsp3) is 0.417. The SMILES string of the molecule is CC(C(=O)O)N1CCc2cc(CO)ccc21. The predicted octanol–water partition coefficient (Wildman–Crippen LogP) is 1.01. The average Bonchev–Trinajstić information content (AvgIpc) is 2.70. The minimum Gasteiger partial charge on any atom is -0.480 e. The third kappa shape index (κ3) is 1.76. The number of benzene rings is 1. The molecule has 1 aromatic rings. The molecule has 4 heteroatoms. The van der Waals surface area contributed by atoms with Gasteiger partial charge in [0.2, 0.25) is 0 Å². The summed E-state index contributed by atoms with van der Waals surface area (Å²) < 4.78 is 0. The van der Waals surface area contributed by atoms with E-state index in [1.54, 1.807) is 6.92 Å². The van der Waals surface area contributed by atoms with E-state index in [0.717, 1.165) is 29.8 Å². The van der Waals surface area contributed by atoms with E-state index in [9.17, 15) is 4.79 Å². The van der Waals surface area contributed by atoms with Crippen LogP contribution in [0.3, 0.4) is 0 Å². The summed E-state index contributed by atoms with van der Waals surface area (Å²) in [6, 6.07) is 5.18. The van der Waals surface area contributed by atoms with E-state index in [-0.39, 0.29) is 6.61 Å². The van der Waals surface area contributed by atoms with Gasteiger partial charge < -0.3 is 15.1 Å². The first-order valence-corrected chi connectivity index (χ1v) is 5.35. The highest BCUT2D eigenvalue weighted by atomic mass is 16.4. The van der Waals surface area contributed by atoms with Crippen molar-refractivity contribution in [3.63, 3.8) is 0 Å². The lowest BCUT2D eigenvalue weighted by Gasteiger charge is -2.23. The van der Waals surface area contributed by atoms with Gasteiger partial charge in [0.15, 0.2) is 0 Å².